The first-order valence-corrected chi connectivity index (χ1v) is 8.43. The van der Waals surface area contributed by atoms with Gasteiger partial charge in [-0.3, -0.25) is 4.79 Å². The molecule has 0 bridgehead atoms. The van der Waals surface area contributed by atoms with Crippen molar-refractivity contribution in [2.75, 3.05) is 13.7 Å². The standard InChI is InChI=1S/C21H23NO3/c1-21(24,17-6-4-3-5-7-17)18-12-14-22(15-13-18)20(23)16-8-10-19(25-2)11-9-16/h3-12,14,18,24H,13,15H2,1-2H3. The summed E-state index contributed by atoms with van der Waals surface area (Å²) in [5.74, 6) is 0.649. The van der Waals surface area contributed by atoms with Crippen LogP contribution in [0.25, 0.3) is 0 Å². The van der Waals surface area contributed by atoms with E-state index < -0.39 is 5.60 Å². The number of benzene rings is 2. The fourth-order valence-electron chi connectivity index (χ4n) is 3.18. The summed E-state index contributed by atoms with van der Waals surface area (Å²) in [7, 11) is 1.60. The molecule has 0 saturated carbocycles. The van der Waals surface area contributed by atoms with Gasteiger partial charge >= 0.3 is 0 Å². The minimum Gasteiger partial charge on any atom is -0.497 e. The molecule has 1 aliphatic rings. The van der Waals surface area contributed by atoms with E-state index in [1.54, 1.807) is 42.5 Å². The first kappa shape index (κ1) is 17.2. The third kappa shape index (κ3) is 3.59. The van der Waals surface area contributed by atoms with Crippen molar-refractivity contribution in [3.63, 3.8) is 0 Å². The van der Waals surface area contributed by atoms with Gasteiger partial charge in [-0.2, -0.15) is 0 Å². The minimum absolute atomic E-state index is 0.0326. The number of ether oxygens (including phenoxy) is 1. The van der Waals surface area contributed by atoms with Crippen LogP contribution in [-0.4, -0.2) is 29.6 Å². The molecule has 25 heavy (non-hydrogen) atoms. The fourth-order valence-corrected chi connectivity index (χ4v) is 3.18. The Labute approximate surface area is 148 Å². The molecule has 2 aromatic carbocycles. The van der Waals surface area contributed by atoms with Gasteiger partial charge in [-0.1, -0.05) is 36.4 Å². The van der Waals surface area contributed by atoms with Crippen LogP contribution in [0.3, 0.4) is 0 Å². The zero-order valence-electron chi connectivity index (χ0n) is 14.6. The van der Waals surface area contributed by atoms with Crippen LogP contribution in [0, 0.1) is 5.92 Å². The Morgan fingerprint density at radius 1 is 1.16 bits per heavy atom. The van der Waals surface area contributed by atoms with E-state index in [4.69, 9.17) is 4.74 Å². The van der Waals surface area contributed by atoms with E-state index in [0.717, 1.165) is 11.3 Å². The van der Waals surface area contributed by atoms with E-state index in [1.165, 1.54) is 0 Å². The molecule has 0 aliphatic carbocycles. The van der Waals surface area contributed by atoms with Crippen LogP contribution in [-0.2, 0) is 5.60 Å². The van der Waals surface area contributed by atoms with Crippen LogP contribution < -0.4 is 4.74 Å². The molecular formula is C21H23NO3. The van der Waals surface area contributed by atoms with Crippen molar-refractivity contribution in [2.24, 2.45) is 5.92 Å². The summed E-state index contributed by atoms with van der Waals surface area (Å²) < 4.78 is 5.12. The number of carbonyl (C=O) groups is 1. The van der Waals surface area contributed by atoms with Crippen LogP contribution >= 0.6 is 0 Å². The minimum atomic E-state index is -0.951. The lowest BCUT2D eigenvalue weighted by Gasteiger charge is -2.36. The quantitative estimate of drug-likeness (QED) is 0.928. The summed E-state index contributed by atoms with van der Waals surface area (Å²) in [6.07, 6.45) is 4.43. The van der Waals surface area contributed by atoms with Crippen LogP contribution in [0.4, 0.5) is 0 Å². The number of amides is 1. The Hall–Kier alpha value is -2.59. The second-order valence-electron chi connectivity index (χ2n) is 6.48. The number of rotatable bonds is 4. The largest absolute Gasteiger partial charge is 0.497 e. The van der Waals surface area contributed by atoms with Crippen molar-refractivity contribution in [3.05, 3.63) is 78.0 Å². The second kappa shape index (κ2) is 7.11. The lowest BCUT2D eigenvalue weighted by molar-refractivity contribution is 0.00412. The molecule has 1 amide bonds. The van der Waals surface area contributed by atoms with E-state index in [0.29, 0.717) is 18.5 Å². The normalized spacial score (nSPS) is 19.3. The summed E-state index contributed by atoms with van der Waals surface area (Å²) in [5.41, 5.74) is 0.561. The first-order chi connectivity index (χ1) is 12.0. The summed E-state index contributed by atoms with van der Waals surface area (Å²) in [6.45, 7) is 2.41. The molecule has 1 heterocycles. The van der Waals surface area contributed by atoms with Gasteiger partial charge in [0.25, 0.3) is 5.91 Å². The van der Waals surface area contributed by atoms with Gasteiger partial charge in [0.05, 0.1) is 12.7 Å². The smallest absolute Gasteiger partial charge is 0.257 e. The number of nitrogens with zero attached hydrogens (tertiary/aromatic N) is 1. The van der Waals surface area contributed by atoms with Crippen molar-refractivity contribution in [1.82, 2.24) is 4.90 Å². The summed E-state index contributed by atoms with van der Waals surface area (Å²) in [5, 5.41) is 10.9. The zero-order valence-corrected chi connectivity index (χ0v) is 14.6. The topological polar surface area (TPSA) is 49.8 Å². The van der Waals surface area contributed by atoms with Crippen LogP contribution in [0.1, 0.15) is 29.3 Å². The SMILES string of the molecule is COc1ccc(C(=O)N2C=CC(C(C)(O)c3ccccc3)CC2)cc1. The number of hydrogen-bond donors (Lipinski definition) is 1. The molecule has 4 nitrogen and oxygen atoms in total. The summed E-state index contributed by atoms with van der Waals surface area (Å²) in [6, 6.07) is 16.7. The monoisotopic (exact) mass is 337 g/mol. The first-order valence-electron chi connectivity index (χ1n) is 8.43. The molecule has 2 atom stereocenters. The number of aliphatic hydroxyl groups is 1. The zero-order chi connectivity index (χ0) is 17.9. The average Bonchev–Trinajstić information content (AvgIpc) is 2.68. The molecule has 2 unspecified atom stereocenters. The lowest BCUT2D eigenvalue weighted by Crippen LogP contribution is -2.38. The van der Waals surface area contributed by atoms with Crippen LogP contribution in [0.5, 0.6) is 5.75 Å². The van der Waals surface area contributed by atoms with Crippen LogP contribution in [0.2, 0.25) is 0 Å². The van der Waals surface area contributed by atoms with Crippen molar-refractivity contribution < 1.29 is 14.6 Å². The molecule has 4 heteroatoms. The van der Waals surface area contributed by atoms with E-state index >= 15 is 0 Å². The Balaban J connectivity index is 1.72. The molecule has 0 fully saturated rings. The van der Waals surface area contributed by atoms with E-state index in [2.05, 4.69) is 0 Å². The second-order valence-corrected chi connectivity index (χ2v) is 6.48. The molecule has 130 valence electrons. The molecule has 0 aromatic heterocycles. The van der Waals surface area contributed by atoms with Gasteiger partial charge in [-0.25, -0.2) is 0 Å². The molecule has 1 aliphatic heterocycles. The fraction of sp³-hybridized carbons (Fsp3) is 0.286. The average molecular weight is 337 g/mol. The number of methoxy groups -OCH3 is 1. The summed E-state index contributed by atoms with van der Waals surface area (Å²) >= 11 is 0. The van der Waals surface area contributed by atoms with Gasteiger partial charge in [0, 0.05) is 24.2 Å². The van der Waals surface area contributed by atoms with E-state index in [-0.39, 0.29) is 11.8 Å². The predicted molar refractivity (Wildman–Crippen MR) is 97.3 cm³/mol. The summed E-state index contributed by atoms with van der Waals surface area (Å²) in [4.78, 5) is 14.3. The number of hydrogen-bond acceptors (Lipinski definition) is 3. The van der Waals surface area contributed by atoms with Gasteiger partial charge in [-0.15, -0.1) is 0 Å². The van der Waals surface area contributed by atoms with Gasteiger partial charge in [0.15, 0.2) is 0 Å². The Kier molecular flexibility index (Phi) is 4.91. The highest BCUT2D eigenvalue weighted by atomic mass is 16.5. The maximum atomic E-state index is 12.6. The highest BCUT2D eigenvalue weighted by Crippen LogP contribution is 2.34. The van der Waals surface area contributed by atoms with Gasteiger partial charge in [0.1, 0.15) is 5.75 Å². The predicted octanol–water partition coefficient (Wildman–Crippen LogP) is 3.58. The van der Waals surface area contributed by atoms with Crippen molar-refractivity contribution in [1.29, 1.82) is 0 Å². The van der Waals surface area contributed by atoms with E-state index in [9.17, 15) is 9.90 Å². The molecule has 0 saturated heterocycles. The molecule has 0 spiro atoms. The Morgan fingerprint density at radius 3 is 2.40 bits per heavy atom. The molecule has 0 radical (unpaired) electrons. The van der Waals surface area contributed by atoms with Crippen LogP contribution in [0.15, 0.2) is 66.9 Å². The van der Waals surface area contributed by atoms with Crippen molar-refractivity contribution in [3.8, 4) is 5.75 Å². The third-order valence-electron chi connectivity index (χ3n) is 4.86. The molecule has 1 N–H and O–H groups in total. The highest BCUT2D eigenvalue weighted by Gasteiger charge is 2.34. The molecule has 2 aromatic rings. The highest BCUT2D eigenvalue weighted by molar-refractivity contribution is 5.95. The maximum Gasteiger partial charge on any atom is 0.257 e. The lowest BCUT2D eigenvalue weighted by atomic mass is 9.80. The molecule has 3 rings (SSSR count). The van der Waals surface area contributed by atoms with Crippen molar-refractivity contribution in [2.45, 2.75) is 18.9 Å². The number of carbonyl (C=O) groups excluding carboxylic acids is 1. The maximum absolute atomic E-state index is 12.6. The van der Waals surface area contributed by atoms with Gasteiger partial charge in [-0.05, 0) is 43.2 Å². The van der Waals surface area contributed by atoms with E-state index in [1.807, 2.05) is 43.3 Å². The third-order valence-corrected chi connectivity index (χ3v) is 4.86. The Morgan fingerprint density at radius 2 is 1.84 bits per heavy atom. The van der Waals surface area contributed by atoms with Gasteiger partial charge in [0.2, 0.25) is 0 Å². The molecular weight excluding hydrogens is 314 g/mol. The van der Waals surface area contributed by atoms with Gasteiger partial charge < -0.3 is 14.7 Å². The van der Waals surface area contributed by atoms with Crippen molar-refractivity contribution >= 4 is 5.91 Å². The Bertz CT molecular complexity index is 750.